The van der Waals surface area contributed by atoms with E-state index in [0.717, 1.165) is 50.4 Å². The average molecular weight is 674 g/mol. The summed E-state index contributed by atoms with van der Waals surface area (Å²) in [6.07, 6.45) is 14.1. The molecule has 4 nitrogen and oxygen atoms in total. The van der Waals surface area contributed by atoms with Crippen LogP contribution in [0.2, 0.25) is 0 Å². The van der Waals surface area contributed by atoms with Gasteiger partial charge in [0, 0.05) is 38.9 Å². The van der Waals surface area contributed by atoms with E-state index in [1.807, 2.05) is 72.9 Å². The molecule has 0 saturated heterocycles. The quantitative estimate of drug-likeness (QED) is 0.174. The number of fused-ring (bicyclic) bond motifs is 9. The number of pyridine rings is 2. The number of hydrogen-bond acceptors (Lipinski definition) is 3. The van der Waals surface area contributed by atoms with Gasteiger partial charge in [0.25, 0.3) is 0 Å². The van der Waals surface area contributed by atoms with Crippen LogP contribution in [0.25, 0.3) is 61.5 Å². The molecule has 8 aromatic rings. The molecule has 0 fully saturated rings. The zero-order valence-corrected chi connectivity index (χ0v) is 28.6. The zero-order valence-electron chi connectivity index (χ0n) is 27.7. The van der Waals surface area contributed by atoms with Crippen molar-refractivity contribution >= 4 is 62.4 Å². The van der Waals surface area contributed by atoms with E-state index in [2.05, 4.69) is 108 Å². The van der Waals surface area contributed by atoms with Gasteiger partial charge in [0.1, 0.15) is 11.1 Å². The minimum Gasteiger partial charge on any atom is -0.307 e. The average Bonchev–Trinajstić information content (AvgIpc) is 3.60. The van der Waals surface area contributed by atoms with Crippen LogP contribution in [-0.4, -0.2) is 14.4 Å². The van der Waals surface area contributed by atoms with Crippen LogP contribution < -0.4 is 26.5 Å². The Bertz CT molecular complexity index is 2850. The van der Waals surface area contributed by atoms with Crippen LogP contribution in [0, 0.1) is 5.92 Å². The van der Waals surface area contributed by atoms with E-state index in [-0.39, 0.29) is 0 Å². The van der Waals surface area contributed by atoms with Crippen molar-refractivity contribution in [1.82, 2.24) is 14.4 Å². The summed E-state index contributed by atoms with van der Waals surface area (Å²) in [7, 11) is -3.17. The largest absolute Gasteiger partial charge is 0.307 e. The number of benzene rings is 5. The molecule has 10 rings (SSSR count). The molecule has 0 N–H and O–H groups in total. The van der Waals surface area contributed by atoms with E-state index in [0.29, 0.717) is 11.4 Å². The van der Waals surface area contributed by atoms with Gasteiger partial charge < -0.3 is 4.57 Å². The van der Waals surface area contributed by atoms with E-state index in [9.17, 15) is 4.57 Å². The van der Waals surface area contributed by atoms with Crippen LogP contribution in [0.15, 0.2) is 170 Å². The second kappa shape index (κ2) is 11.8. The SMILES string of the molecule is O=P(c1ccccc1)(c1ccccc1)c1ccc(-c2ccc3c(c2)c2c(c4nc5ccc(-c6ccccc6)cc5n43)=C3C=CC=CC3CC=2)cn1. The van der Waals surface area contributed by atoms with Crippen LogP contribution in [0.1, 0.15) is 6.42 Å². The predicted octanol–water partition coefficient (Wildman–Crippen LogP) is 8.09. The standard InChI is InChI=1S/C46H32N3OP/c50-51(36-15-6-2-7-16-36,37-17-8-3-9-18-37)44-27-23-35(30-47-44)33-22-26-42-40(28-33)39-24-20-32-14-10-11-19-38(32)45(39)46-48-41-25-21-34(29-43(41)49(42)46)31-12-4-1-5-13-31/h1-19,21-30,32H,20H2. The van der Waals surface area contributed by atoms with Crippen molar-refractivity contribution in [3.63, 3.8) is 0 Å². The third-order valence-electron chi connectivity index (χ3n) is 10.4. The van der Waals surface area contributed by atoms with Gasteiger partial charge in [0.2, 0.25) is 0 Å². The lowest BCUT2D eigenvalue weighted by atomic mass is 9.85. The second-order valence-electron chi connectivity index (χ2n) is 13.3. The molecule has 0 aliphatic heterocycles. The summed E-state index contributed by atoms with van der Waals surface area (Å²) in [6, 6.07) is 47.3. The maximum Gasteiger partial charge on any atom is 0.188 e. The van der Waals surface area contributed by atoms with Crippen molar-refractivity contribution < 1.29 is 4.57 Å². The third kappa shape index (κ3) is 4.71. The molecule has 5 heteroatoms. The Hall–Kier alpha value is -6.09. The Morgan fingerprint density at radius 1 is 0.647 bits per heavy atom. The molecule has 51 heavy (non-hydrogen) atoms. The number of imidazole rings is 1. The van der Waals surface area contributed by atoms with Crippen molar-refractivity contribution in [1.29, 1.82) is 0 Å². The Kier molecular flexibility index (Phi) is 6.87. The van der Waals surface area contributed by atoms with Gasteiger partial charge in [-0.1, -0.05) is 140 Å². The number of rotatable bonds is 5. The topological polar surface area (TPSA) is 47.3 Å². The van der Waals surface area contributed by atoms with Crippen molar-refractivity contribution in [2.75, 3.05) is 0 Å². The van der Waals surface area contributed by atoms with E-state index in [1.54, 1.807) is 0 Å². The summed E-state index contributed by atoms with van der Waals surface area (Å²) in [4.78, 5) is 10.2. The molecule has 5 aromatic carbocycles. The molecule has 3 heterocycles. The molecule has 242 valence electrons. The van der Waals surface area contributed by atoms with Crippen LogP contribution in [0.3, 0.4) is 0 Å². The molecule has 0 bridgehead atoms. The molecule has 0 spiro atoms. The summed E-state index contributed by atoms with van der Waals surface area (Å²) >= 11 is 0. The number of hydrogen-bond donors (Lipinski definition) is 0. The molecule has 0 radical (unpaired) electrons. The van der Waals surface area contributed by atoms with E-state index in [4.69, 9.17) is 9.97 Å². The highest BCUT2D eigenvalue weighted by Crippen LogP contribution is 2.42. The fraction of sp³-hybridized carbons (Fsp3) is 0.0435. The second-order valence-corrected chi connectivity index (χ2v) is 16.0. The van der Waals surface area contributed by atoms with Crippen LogP contribution in [0.4, 0.5) is 0 Å². The Morgan fingerprint density at radius 3 is 2.06 bits per heavy atom. The molecule has 2 aliphatic carbocycles. The first-order chi connectivity index (χ1) is 25.2. The molecule has 2 aliphatic rings. The number of aromatic nitrogens is 3. The lowest BCUT2D eigenvalue weighted by Crippen LogP contribution is -2.35. The minimum absolute atomic E-state index is 0.327. The Morgan fingerprint density at radius 2 is 1.33 bits per heavy atom. The van der Waals surface area contributed by atoms with E-state index in [1.165, 1.54) is 32.5 Å². The molecule has 3 aromatic heterocycles. The first-order valence-electron chi connectivity index (χ1n) is 17.4. The number of allylic oxidation sites excluding steroid dienone is 4. The summed E-state index contributed by atoms with van der Waals surface area (Å²) in [5.41, 5.74) is 10.5. The summed E-state index contributed by atoms with van der Waals surface area (Å²) in [5.74, 6) is 0.327. The maximum absolute atomic E-state index is 14.9. The minimum atomic E-state index is -3.17. The fourth-order valence-electron chi connectivity index (χ4n) is 7.91. The monoisotopic (exact) mass is 673 g/mol. The van der Waals surface area contributed by atoms with Gasteiger partial charge >= 0.3 is 0 Å². The van der Waals surface area contributed by atoms with Crippen LogP contribution >= 0.6 is 7.14 Å². The fourth-order valence-corrected chi connectivity index (χ4v) is 10.4. The Balaban J connectivity index is 1.19. The Labute approximate surface area is 295 Å². The third-order valence-corrected chi connectivity index (χ3v) is 13.4. The van der Waals surface area contributed by atoms with E-state index < -0.39 is 7.14 Å². The highest BCUT2D eigenvalue weighted by Gasteiger charge is 2.31. The van der Waals surface area contributed by atoms with Gasteiger partial charge in [-0.05, 0) is 64.2 Å². The van der Waals surface area contributed by atoms with Crippen LogP contribution in [0.5, 0.6) is 0 Å². The smallest absolute Gasteiger partial charge is 0.188 e. The molecule has 0 amide bonds. The molecule has 0 saturated carbocycles. The van der Waals surface area contributed by atoms with Gasteiger partial charge in [0.15, 0.2) is 7.14 Å². The van der Waals surface area contributed by atoms with Crippen molar-refractivity contribution in [3.8, 4) is 22.3 Å². The highest BCUT2D eigenvalue weighted by molar-refractivity contribution is 7.85. The van der Waals surface area contributed by atoms with Crippen molar-refractivity contribution in [2.45, 2.75) is 6.42 Å². The highest BCUT2D eigenvalue weighted by atomic mass is 31.2. The summed E-state index contributed by atoms with van der Waals surface area (Å²) in [5, 5.41) is 5.16. The number of nitrogens with zero attached hydrogens (tertiary/aromatic N) is 3. The zero-order chi connectivity index (χ0) is 33.9. The first kappa shape index (κ1) is 29.8. The molecular formula is C46H32N3OP. The van der Waals surface area contributed by atoms with Gasteiger partial charge in [0.05, 0.1) is 16.6 Å². The van der Waals surface area contributed by atoms with Gasteiger partial charge in [-0.25, -0.2) is 4.98 Å². The summed E-state index contributed by atoms with van der Waals surface area (Å²) in [6.45, 7) is 0. The maximum atomic E-state index is 14.9. The normalized spacial score (nSPS) is 15.2. The van der Waals surface area contributed by atoms with Gasteiger partial charge in [-0.2, -0.15) is 0 Å². The summed E-state index contributed by atoms with van der Waals surface area (Å²) < 4.78 is 17.3. The van der Waals surface area contributed by atoms with Crippen molar-refractivity contribution in [2.24, 2.45) is 5.92 Å². The van der Waals surface area contributed by atoms with E-state index >= 15 is 0 Å². The van der Waals surface area contributed by atoms with Crippen molar-refractivity contribution in [3.05, 3.63) is 180 Å². The predicted molar refractivity (Wildman–Crippen MR) is 212 cm³/mol. The van der Waals surface area contributed by atoms with Gasteiger partial charge in [-0.3, -0.25) is 9.38 Å². The lowest BCUT2D eigenvalue weighted by molar-refractivity contribution is 0.592. The molecular weight excluding hydrogens is 642 g/mol. The first-order valence-corrected chi connectivity index (χ1v) is 19.1. The lowest BCUT2D eigenvalue weighted by Gasteiger charge is -2.21. The van der Waals surface area contributed by atoms with Gasteiger partial charge in [-0.15, -0.1) is 0 Å². The molecule has 1 atom stereocenters. The van der Waals surface area contributed by atoms with Crippen LogP contribution in [-0.2, 0) is 4.57 Å². The molecule has 1 unspecified atom stereocenters.